The van der Waals surface area contributed by atoms with E-state index in [1.54, 1.807) is 4.68 Å². The Morgan fingerprint density at radius 1 is 1.00 bits per heavy atom. The van der Waals surface area contributed by atoms with Crippen LogP contribution in [-0.4, -0.2) is 22.0 Å². The van der Waals surface area contributed by atoms with Crippen molar-refractivity contribution < 1.29 is 4.68 Å². The summed E-state index contributed by atoms with van der Waals surface area (Å²) in [6.45, 7) is 0. The predicted octanol–water partition coefficient (Wildman–Crippen LogP) is 3.20. The highest BCUT2D eigenvalue weighted by Crippen LogP contribution is 2.46. The molecule has 1 heterocycles. The van der Waals surface area contributed by atoms with Crippen molar-refractivity contribution in [1.82, 2.24) is 0 Å². The van der Waals surface area contributed by atoms with Crippen molar-refractivity contribution in [3.05, 3.63) is 77.5 Å². The van der Waals surface area contributed by atoms with E-state index in [1.807, 2.05) is 66.7 Å². The maximum atomic E-state index is 9.41. The zero-order chi connectivity index (χ0) is 16.5. The van der Waals surface area contributed by atoms with Crippen LogP contribution >= 0.6 is 0 Å². The number of benzene rings is 2. The van der Waals surface area contributed by atoms with Gasteiger partial charge in [0.25, 0.3) is 0 Å². The highest BCUT2D eigenvalue weighted by molar-refractivity contribution is 6.12. The molecule has 2 aliphatic rings. The Kier molecular flexibility index (Phi) is 3.42. The summed E-state index contributed by atoms with van der Waals surface area (Å²) in [6.07, 6.45) is 1.02. The molecule has 2 aromatic carbocycles. The largest absolute Gasteiger partial charge is 0.376 e. The lowest BCUT2D eigenvalue weighted by atomic mass is 9.98. The third-order valence-corrected chi connectivity index (χ3v) is 4.50. The minimum Gasteiger partial charge on any atom is -0.252 e. The smallest absolute Gasteiger partial charge is 0.252 e. The van der Waals surface area contributed by atoms with Crippen molar-refractivity contribution in [3.63, 3.8) is 0 Å². The summed E-state index contributed by atoms with van der Waals surface area (Å²) in [7, 11) is 0. The number of nitriles is 1. The molecule has 1 saturated carbocycles. The van der Waals surface area contributed by atoms with Gasteiger partial charge < -0.3 is 0 Å². The van der Waals surface area contributed by atoms with Crippen LogP contribution in [0.1, 0.15) is 17.5 Å². The number of hydrogen-bond donors (Lipinski definition) is 1. The van der Waals surface area contributed by atoms with Crippen LogP contribution in [-0.2, 0) is 0 Å². The Bertz CT molecular complexity index is 942. The summed E-state index contributed by atoms with van der Waals surface area (Å²) in [4.78, 5) is 0. The Hall–Kier alpha value is -3.28. The maximum absolute atomic E-state index is 9.41. The van der Waals surface area contributed by atoms with Crippen LogP contribution in [0.5, 0.6) is 0 Å². The van der Waals surface area contributed by atoms with Crippen LogP contribution in [0.15, 0.2) is 71.5 Å². The van der Waals surface area contributed by atoms with Gasteiger partial charge in [-0.2, -0.15) is 5.26 Å². The van der Waals surface area contributed by atoms with Gasteiger partial charge in [0.15, 0.2) is 6.07 Å². The molecule has 2 atom stereocenters. The van der Waals surface area contributed by atoms with Gasteiger partial charge in [0.1, 0.15) is 5.71 Å². The molecule has 4 heteroatoms. The van der Waals surface area contributed by atoms with Gasteiger partial charge in [0.05, 0.1) is 11.8 Å². The van der Waals surface area contributed by atoms with E-state index < -0.39 is 0 Å². The van der Waals surface area contributed by atoms with Gasteiger partial charge in [0, 0.05) is 22.1 Å². The Morgan fingerprint density at radius 3 is 2.21 bits per heavy atom. The van der Waals surface area contributed by atoms with Crippen LogP contribution in [0.25, 0.3) is 0 Å². The molecule has 0 spiro atoms. The van der Waals surface area contributed by atoms with E-state index in [4.69, 9.17) is 10.5 Å². The first-order valence-corrected chi connectivity index (χ1v) is 7.89. The first kappa shape index (κ1) is 14.3. The molecular formula is C20H15N4+. The highest BCUT2D eigenvalue weighted by atomic mass is 15.4. The zero-order valence-electron chi connectivity index (χ0n) is 13.0. The summed E-state index contributed by atoms with van der Waals surface area (Å²) >= 11 is 0. The SMILES string of the molecule is N#CC(=C=N)[N+]1=C(c2ccccc2)[C@@H]2C[C@@H]2C(c2ccccc2)=N1. The first-order chi connectivity index (χ1) is 11.8. The molecule has 0 bridgehead atoms. The zero-order valence-corrected chi connectivity index (χ0v) is 13.0. The van der Waals surface area contributed by atoms with Crippen LogP contribution < -0.4 is 0 Å². The van der Waals surface area contributed by atoms with Crippen molar-refractivity contribution in [2.45, 2.75) is 6.42 Å². The predicted molar refractivity (Wildman–Crippen MR) is 92.2 cm³/mol. The number of hydrazone groups is 1. The average molecular weight is 311 g/mol. The molecule has 0 amide bonds. The van der Waals surface area contributed by atoms with E-state index in [0.29, 0.717) is 11.8 Å². The molecule has 0 radical (unpaired) electrons. The summed E-state index contributed by atoms with van der Waals surface area (Å²) in [5.74, 6) is 2.95. The number of rotatable bonds is 3. The Labute approximate surface area is 140 Å². The van der Waals surface area contributed by atoms with Crippen LogP contribution in [0.3, 0.4) is 0 Å². The van der Waals surface area contributed by atoms with Gasteiger partial charge in [-0.3, -0.25) is 5.41 Å². The molecule has 4 nitrogen and oxygen atoms in total. The van der Waals surface area contributed by atoms with Crippen LogP contribution in [0.4, 0.5) is 0 Å². The summed E-state index contributed by atoms with van der Waals surface area (Å²) in [5, 5.41) is 21.6. The fourth-order valence-electron chi connectivity index (χ4n) is 3.32. The fourth-order valence-corrected chi connectivity index (χ4v) is 3.32. The average Bonchev–Trinajstić information content (AvgIpc) is 3.44. The number of hydrogen-bond acceptors (Lipinski definition) is 3. The quantitative estimate of drug-likeness (QED) is 0.528. The van der Waals surface area contributed by atoms with E-state index in [2.05, 4.69) is 5.87 Å². The van der Waals surface area contributed by atoms with Crippen molar-refractivity contribution in [1.29, 1.82) is 10.7 Å². The molecule has 0 unspecified atom stereocenters. The Balaban J connectivity index is 1.94. The molecule has 1 fully saturated rings. The van der Waals surface area contributed by atoms with Crippen LogP contribution in [0, 0.1) is 28.6 Å². The van der Waals surface area contributed by atoms with E-state index in [-0.39, 0.29) is 5.70 Å². The monoisotopic (exact) mass is 311 g/mol. The van der Waals surface area contributed by atoms with E-state index >= 15 is 0 Å². The van der Waals surface area contributed by atoms with Gasteiger partial charge in [0.2, 0.25) is 5.71 Å². The van der Waals surface area contributed by atoms with Gasteiger partial charge in [-0.1, -0.05) is 48.5 Å². The second-order valence-corrected chi connectivity index (χ2v) is 5.95. The molecule has 114 valence electrons. The minimum atomic E-state index is 0.118. The van der Waals surface area contributed by atoms with Crippen molar-refractivity contribution in [3.8, 4) is 6.07 Å². The molecule has 1 aliphatic heterocycles. The minimum absolute atomic E-state index is 0.118. The van der Waals surface area contributed by atoms with E-state index in [0.717, 1.165) is 29.0 Å². The second kappa shape index (κ2) is 5.73. The molecular weight excluding hydrogens is 296 g/mol. The lowest BCUT2D eigenvalue weighted by Gasteiger charge is -2.11. The summed E-state index contributed by atoms with van der Waals surface area (Å²) in [5.41, 5.74) is 4.22. The molecule has 2 aromatic rings. The highest BCUT2D eigenvalue weighted by Gasteiger charge is 2.54. The molecule has 1 N–H and O–H groups in total. The molecule has 4 rings (SSSR count). The normalized spacial score (nSPS) is 21.2. The molecule has 24 heavy (non-hydrogen) atoms. The van der Waals surface area contributed by atoms with E-state index in [1.165, 1.54) is 0 Å². The topological polar surface area (TPSA) is 63.0 Å². The van der Waals surface area contributed by atoms with Gasteiger partial charge in [-0.15, -0.1) is 0 Å². The molecule has 0 saturated heterocycles. The van der Waals surface area contributed by atoms with Gasteiger partial charge in [-0.25, -0.2) is 0 Å². The number of nitrogens with zero attached hydrogens (tertiary/aromatic N) is 3. The lowest BCUT2D eigenvalue weighted by Crippen LogP contribution is -2.27. The Morgan fingerprint density at radius 2 is 1.62 bits per heavy atom. The van der Waals surface area contributed by atoms with Crippen molar-refractivity contribution in [2.24, 2.45) is 16.9 Å². The van der Waals surface area contributed by atoms with Crippen LogP contribution in [0.2, 0.25) is 0 Å². The standard InChI is InChI=1S/C20H15N4/c21-12-16(13-22)24-20(15-9-5-2-6-10-15)18-11-17(18)19(23-24)14-7-3-1-4-8-14/h1-10,17-18,21H,11H2/q+1/t17-,18+/m0/s1. The molecule has 0 aromatic heterocycles. The number of fused-ring (bicyclic) bond motifs is 1. The first-order valence-electron chi connectivity index (χ1n) is 7.89. The maximum Gasteiger partial charge on any atom is 0.376 e. The van der Waals surface area contributed by atoms with Gasteiger partial charge >= 0.3 is 5.70 Å². The van der Waals surface area contributed by atoms with Crippen molar-refractivity contribution >= 4 is 17.3 Å². The van der Waals surface area contributed by atoms with Crippen molar-refractivity contribution in [2.75, 3.05) is 0 Å². The fraction of sp³-hybridized carbons (Fsp3) is 0.150. The van der Waals surface area contributed by atoms with E-state index in [9.17, 15) is 5.26 Å². The third kappa shape index (κ3) is 2.28. The second-order valence-electron chi connectivity index (χ2n) is 5.95. The number of nitrogens with one attached hydrogen (secondary N) is 1. The lowest BCUT2D eigenvalue weighted by molar-refractivity contribution is -0.476. The number of allylic oxidation sites excluding steroid dienone is 1. The van der Waals surface area contributed by atoms with Gasteiger partial charge in [-0.05, 0) is 23.2 Å². The third-order valence-electron chi connectivity index (χ3n) is 4.50. The molecule has 1 aliphatic carbocycles. The summed E-state index contributed by atoms with van der Waals surface area (Å²) < 4.78 is 1.61. The summed E-state index contributed by atoms with van der Waals surface area (Å²) in [6, 6.07) is 22.1.